The molecule has 0 aliphatic rings. The van der Waals surface area contributed by atoms with Crippen LogP contribution in [-0.2, 0) is 4.74 Å². The fourth-order valence-electron chi connectivity index (χ4n) is 1.99. The maximum absolute atomic E-state index is 6.02. The van der Waals surface area contributed by atoms with Crippen molar-refractivity contribution in [3.05, 3.63) is 47.6 Å². The number of nitrogens with zero attached hydrogens (tertiary/aromatic N) is 3. The normalized spacial score (nSPS) is 14.4. The minimum absolute atomic E-state index is 0.282. The van der Waals surface area contributed by atoms with E-state index in [1.54, 1.807) is 7.11 Å². The molecule has 0 spiro atoms. The molecule has 2 atom stereocenters. The van der Waals surface area contributed by atoms with Crippen molar-refractivity contribution >= 4 is 0 Å². The van der Waals surface area contributed by atoms with Crippen molar-refractivity contribution in [1.82, 2.24) is 15.0 Å². The van der Waals surface area contributed by atoms with Gasteiger partial charge in [-0.15, -0.1) is 0 Å². The van der Waals surface area contributed by atoms with Crippen molar-refractivity contribution in [2.45, 2.75) is 12.1 Å². The topological polar surface area (TPSA) is 77.4 Å². The van der Waals surface area contributed by atoms with Gasteiger partial charge in [-0.05, 0) is 19.7 Å². The van der Waals surface area contributed by atoms with Gasteiger partial charge in [0.05, 0.1) is 6.04 Å². The Morgan fingerprint density at radius 3 is 2.60 bits per heavy atom. The summed E-state index contributed by atoms with van der Waals surface area (Å²) in [7, 11) is 5.51. The van der Waals surface area contributed by atoms with Crippen LogP contribution in [0.2, 0.25) is 0 Å². The summed E-state index contributed by atoms with van der Waals surface area (Å²) < 4.78 is 10.7. The lowest BCUT2D eigenvalue weighted by atomic mass is 10.1. The molecule has 0 bridgehead atoms. The van der Waals surface area contributed by atoms with Gasteiger partial charge in [0.15, 0.2) is 11.9 Å². The van der Waals surface area contributed by atoms with Gasteiger partial charge in [0.25, 0.3) is 5.89 Å². The minimum atomic E-state index is -0.371. The third kappa shape index (κ3) is 3.41. The third-order valence-electron chi connectivity index (χ3n) is 2.91. The first-order chi connectivity index (χ1) is 9.61. The SMILES string of the molecule is COC(c1ccccc1)c1nc(C(N)CN(C)C)no1. The van der Waals surface area contributed by atoms with E-state index >= 15 is 0 Å². The van der Waals surface area contributed by atoms with Gasteiger partial charge in [-0.3, -0.25) is 0 Å². The highest BCUT2D eigenvalue weighted by Crippen LogP contribution is 2.24. The van der Waals surface area contributed by atoms with Crippen LogP contribution in [0.25, 0.3) is 0 Å². The molecule has 20 heavy (non-hydrogen) atoms. The van der Waals surface area contributed by atoms with Gasteiger partial charge in [-0.2, -0.15) is 4.98 Å². The van der Waals surface area contributed by atoms with E-state index in [9.17, 15) is 0 Å². The van der Waals surface area contributed by atoms with E-state index in [1.807, 2.05) is 49.3 Å². The number of ether oxygens (including phenoxy) is 1. The van der Waals surface area contributed by atoms with Gasteiger partial charge in [-0.25, -0.2) is 0 Å². The van der Waals surface area contributed by atoms with Crippen molar-refractivity contribution < 1.29 is 9.26 Å². The Morgan fingerprint density at radius 2 is 2.00 bits per heavy atom. The van der Waals surface area contributed by atoms with E-state index in [4.69, 9.17) is 15.0 Å². The lowest BCUT2D eigenvalue weighted by Crippen LogP contribution is -2.26. The van der Waals surface area contributed by atoms with Crippen molar-refractivity contribution in [2.24, 2.45) is 5.73 Å². The van der Waals surface area contributed by atoms with E-state index in [-0.39, 0.29) is 12.1 Å². The van der Waals surface area contributed by atoms with Crippen LogP contribution in [0.15, 0.2) is 34.9 Å². The number of likely N-dealkylation sites (N-methyl/N-ethyl adjacent to an activating group) is 1. The molecule has 6 nitrogen and oxygen atoms in total. The number of nitrogens with two attached hydrogens (primary N) is 1. The zero-order chi connectivity index (χ0) is 14.5. The number of hydrogen-bond acceptors (Lipinski definition) is 6. The van der Waals surface area contributed by atoms with Gasteiger partial charge in [0.1, 0.15) is 0 Å². The van der Waals surface area contributed by atoms with Gasteiger partial charge in [0.2, 0.25) is 0 Å². The molecule has 0 aliphatic heterocycles. The largest absolute Gasteiger partial charge is 0.367 e. The highest BCUT2D eigenvalue weighted by Gasteiger charge is 2.22. The number of aromatic nitrogens is 2. The molecular formula is C14H20N4O2. The predicted octanol–water partition coefficient (Wildman–Crippen LogP) is 1.37. The maximum atomic E-state index is 6.02. The molecule has 0 amide bonds. The van der Waals surface area contributed by atoms with Crippen LogP contribution in [0.5, 0.6) is 0 Å². The van der Waals surface area contributed by atoms with Crippen LogP contribution < -0.4 is 5.73 Å². The van der Waals surface area contributed by atoms with Crippen molar-refractivity contribution in [1.29, 1.82) is 0 Å². The molecule has 2 aromatic rings. The van der Waals surface area contributed by atoms with Gasteiger partial charge >= 0.3 is 0 Å². The lowest BCUT2D eigenvalue weighted by molar-refractivity contribution is 0.105. The molecule has 2 rings (SSSR count). The second-order valence-electron chi connectivity index (χ2n) is 4.89. The highest BCUT2D eigenvalue weighted by molar-refractivity contribution is 5.22. The zero-order valence-electron chi connectivity index (χ0n) is 12.0. The summed E-state index contributed by atoms with van der Waals surface area (Å²) in [4.78, 5) is 6.33. The summed E-state index contributed by atoms with van der Waals surface area (Å²) in [6.07, 6.45) is -0.371. The Labute approximate surface area is 118 Å². The molecule has 0 fully saturated rings. The minimum Gasteiger partial charge on any atom is -0.367 e. The number of methoxy groups -OCH3 is 1. The van der Waals surface area contributed by atoms with E-state index in [0.717, 1.165) is 5.56 Å². The quantitative estimate of drug-likeness (QED) is 0.858. The smallest absolute Gasteiger partial charge is 0.260 e. The van der Waals surface area contributed by atoms with Crippen LogP contribution in [0, 0.1) is 0 Å². The average Bonchev–Trinajstić information content (AvgIpc) is 2.90. The Bertz CT molecular complexity index is 527. The van der Waals surface area contributed by atoms with E-state index in [2.05, 4.69) is 10.1 Å². The maximum Gasteiger partial charge on any atom is 0.260 e. The van der Waals surface area contributed by atoms with Crippen molar-refractivity contribution in [2.75, 3.05) is 27.7 Å². The Balaban J connectivity index is 2.18. The molecule has 2 N–H and O–H groups in total. The highest BCUT2D eigenvalue weighted by atomic mass is 16.5. The van der Waals surface area contributed by atoms with Crippen molar-refractivity contribution in [3.8, 4) is 0 Å². The van der Waals surface area contributed by atoms with Crippen LogP contribution in [0.4, 0.5) is 0 Å². The van der Waals surface area contributed by atoms with E-state index in [1.165, 1.54) is 0 Å². The molecule has 1 aromatic carbocycles. The number of hydrogen-bond donors (Lipinski definition) is 1. The summed E-state index contributed by atoms with van der Waals surface area (Å²) in [5.41, 5.74) is 6.99. The van der Waals surface area contributed by atoms with Crippen LogP contribution >= 0.6 is 0 Å². The zero-order valence-corrected chi connectivity index (χ0v) is 12.0. The van der Waals surface area contributed by atoms with Gasteiger partial charge < -0.3 is 19.9 Å². The number of rotatable bonds is 6. The predicted molar refractivity (Wildman–Crippen MR) is 75.1 cm³/mol. The molecule has 6 heteroatoms. The summed E-state index contributed by atoms with van der Waals surface area (Å²) in [6.45, 7) is 0.655. The molecule has 108 valence electrons. The second-order valence-corrected chi connectivity index (χ2v) is 4.89. The monoisotopic (exact) mass is 276 g/mol. The first kappa shape index (κ1) is 14.6. The summed E-state index contributed by atoms with van der Waals surface area (Å²) >= 11 is 0. The van der Waals surface area contributed by atoms with Crippen LogP contribution in [0.3, 0.4) is 0 Å². The fraction of sp³-hybridized carbons (Fsp3) is 0.429. The Kier molecular flexibility index (Phi) is 4.84. The molecule has 2 unspecified atom stereocenters. The first-order valence-corrected chi connectivity index (χ1v) is 6.43. The molecule has 0 radical (unpaired) electrons. The van der Waals surface area contributed by atoms with Gasteiger partial charge in [0, 0.05) is 13.7 Å². The summed E-state index contributed by atoms with van der Waals surface area (Å²) in [5.74, 6) is 0.912. The molecular weight excluding hydrogens is 256 g/mol. The van der Waals surface area contributed by atoms with E-state index in [0.29, 0.717) is 18.3 Å². The molecule has 0 aliphatic carbocycles. The molecule has 1 aromatic heterocycles. The molecule has 0 saturated heterocycles. The summed E-state index contributed by atoms with van der Waals surface area (Å²) in [5, 5.41) is 3.95. The van der Waals surface area contributed by atoms with Gasteiger partial charge in [-0.1, -0.05) is 35.5 Å². The molecule has 0 saturated carbocycles. The van der Waals surface area contributed by atoms with Crippen molar-refractivity contribution in [3.63, 3.8) is 0 Å². The fourth-order valence-corrected chi connectivity index (χ4v) is 1.99. The Hall–Kier alpha value is -1.76. The number of benzene rings is 1. The second kappa shape index (κ2) is 6.60. The standard InChI is InChI=1S/C14H20N4O2/c1-18(2)9-11(15)13-16-14(20-17-13)12(19-3)10-7-5-4-6-8-10/h4-8,11-12H,9,15H2,1-3H3. The average molecular weight is 276 g/mol. The van der Waals surface area contributed by atoms with E-state index < -0.39 is 0 Å². The summed E-state index contributed by atoms with van der Waals surface area (Å²) in [6, 6.07) is 9.46. The lowest BCUT2D eigenvalue weighted by Gasteiger charge is -2.13. The van der Waals surface area contributed by atoms with Crippen LogP contribution in [0.1, 0.15) is 29.4 Å². The Morgan fingerprint density at radius 1 is 1.30 bits per heavy atom. The molecule has 1 heterocycles. The van der Waals surface area contributed by atoms with Crippen LogP contribution in [-0.4, -0.2) is 42.8 Å². The first-order valence-electron chi connectivity index (χ1n) is 6.43. The third-order valence-corrected chi connectivity index (χ3v) is 2.91.